The van der Waals surface area contributed by atoms with Gasteiger partial charge in [0.05, 0.1) is 19.2 Å². The third-order valence-corrected chi connectivity index (χ3v) is 4.78. The Hall–Kier alpha value is -1.76. The number of rotatable bonds is 8. The van der Waals surface area contributed by atoms with Gasteiger partial charge < -0.3 is 20.1 Å². The third kappa shape index (κ3) is 7.88. The number of aromatic nitrogens is 1. The maximum atomic E-state index is 12.6. The van der Waals surface area contributed by atoms with Crippen LogP contribution in [0.25, 0.3) is 0 Å². The Labute approximate surface area is 188 Å². The average Bonchev–Trinajstić information content (AvgIpc) is 3.16. The molecule has 0 amide bonds. The molecule has 0 unspecified atom stereocenters. The number of guanidine groups is 1. The Kier molecular flexibility index (Phi) is 10.5. The molecular weight excluding hydrogens is 520 g/mol. The predicted molar refractivity (Wildman–Crippen MR) is 119 cm³/mol. The number of benzene rings is 1. The molecule has 162 valence electrons. The maximum absolute atomic E-state index is 12.6. The molecule has 0 radical (unpaired) electrons. The van der Waals surface area contributed by atoms with Crippen LogP contribution in [0.3, 0.4) is 0 Å². The van der Waals surface area contributed by atoms with E-state index in [1.807, 2.05) is 18.2 Å². The molecule has 0 bridgehead atoms. The van der Waals surface area contributed by atoms with Gasteiger partial charge in [-0.05, 0) is 30.2 Å². The molecule has 0 saturated carbocycles. The molecule has 0 fully saturated rings. The first-order valence-corrected chi connectivity index (χ1v) is 9.42. The summed E-state index contributed by atoms with van der Waals surface area (Å²) in [5, 5.41) is 7.70. The van der Waals surface area contributed by atoms with Gasteiger partial charge in [-0.15, -0.1) is 35.3 Å². The molecule has 0 atom stereocenters. The summed E-state index contributed by atoms with van der Waals surface area (Å²) in [4.78, 5) is 7.72. The van der Waals surface area contributed by atoms with Gasteiger partial charge in [-0.1, -0.05) is 0 Å². The fourth-order valence-electron chi connectivity index (χ4n) is 2.46. The van der Waals surface area contributed by atoms with E-state index in [9.17, 15) is 13.2 Å². The number of hydrogen-bond donors (Lipinski definition) is 2. The number of hydrogen-bond acceptors (Lipinski definition) is 5. The monoisotopic (exact) mass is 544 g/mol. The second-order valence-corrected chi connectivity index (χ2v) is 6.67. The summed E-state index contributed by atoms with van der Waals surface area (Å²) in [6, 6.07) is 5.60. The molecule has 2 rings (SSSR count). The number of halogens is 4. The minimum atomic E-state index is -4.40. The smallest absolute Gasteiger partial charge is 0.434 e. The van der Waals surface area contributed by atoms with E-state index in [0.29, 0.717) is 36.9 Å². The molecule has 0 saturated heterocycles. The minimum absolute atomic E-state index is 0. The Morgan fingerprint density at radius 2 is 1.83 bits per heavy atom. The lowest BCUT2D eigenvalue weighted by Crippen LogP contribution is -2.39. The van der Waals surface area contributed by atoms with Gasteiger partial charge in [0.2, 0.25) is 0 Å². The van der Waals surface area contributed by atoms with Crippen molar-refractivity contribution in [2.45, 2.75) is 19.0 Å². The number of ether oxygens (including phenoxy) is 2. The molecule has 29 heavy (non-hydrogen) atoms. The summed E-state index contributed by atoms with van der Waals surface area (Å²) in [6.45, 7) is 1.02. The molecule has 2 aromatic rings. The normalized spacial score (nSPS) is 11.6. The van der Waals surface area contributed by atoms with Crippen molar-refractivity contribution in [1.29, 1.82) is 0 Å². The summed E-state index contributed by atoms with van der Waals surface area (Å²) < 4.78 is 48.3. The largest absolute Gasteiger partial charge is 0.497 e. The zero-order valence-corrected chi connectivity index (χ0v) is 19.4. The van der Waals surface area contributed by atoms with Crippen LogP contribution in [0.4, 0.5) is 13.2 Å². The molecule has 0 aliphatic heterocycles. The van der Waals surface area contributed by atoms with E-state index in [4.69, 9.17) is 9.47 Å². The SMILES string of the molecule is CN=C(NCCc1nc(C(F)(F)F)cs1)NCCc1cc(OC)ccc1OC.I. The lowest BCUT2D eigenvalue weighted by atomic mass is 10.1. The molecule has 6 nitrogen and oxygen atoms in total. The molecule has 1 aromatic carbocycles. The van der Waals surface area contributed by atoms with Crippen molar-refractivity contribution in [3.63, 3.8) is 0 Å². The van der Waals surface area contributed by atoms with Gasteiger partial charge in [0, 0.05) is 31.9 Å². The van der Waals surface area contributed by atoms with Crippen LogP contribution in [0, 0.1) is 0 Å². The second kappa shape index (κ2) is 12.1. The lowest BCUT2D eigenvalue weighted by Gasteiger charge is -2.13. The van der Waals surface area contributed by atoms with E-state index in [1.165, 1.54) is 0 Å². The van der Waals surface area contributed by atoms with E-state index in [1.54, 1.807) is 21.3 Å². The van der Waals surface area contributed by atoms with Crippen LogP contribution in [0.5, 0.6) is 11.5 Å². The summed E-state index contributed by atoms with van der Waals surface area (Å²) in [7, 11) is 4.85. The van der Waals surface area contributed by atoms with E-state index in [-0.39, 0.29) is 24.0 Å². The van der Waals surface area contributed by atoms with Crippen LogP contribution in [0.1, 0.15) is 16.3 Å². The molecule has 0 aliphatic rings. The van der Waals surface area contributed by atoms with Crippen molar-refractivity contribution in [3.05, 3.63) is 39.8 Å². The van der Waals surface area contributed by atoms with E-state index in [0.717, 1.165) is 33.8 Å². The molecule has 1 heterocycles. The van der Waals surface area contributed by atoms with E-state index >= 15 is 0 Å². The topological polar surface area (TPSA) is 67.8 Å². The van der Waals surface area contributed by atoms with Crippen LogP contribution in [0.2, 0.25) is 0 Å². The number of thiazole rings is 1. The van der Waals surface area contributed by atoms with Crippen molar-refractivity contribution >= 4 is 41.3 Å². The zero-order chi connectivity index (χ0) is 20.6. The van der Waals surface area contributed by atoms with Crippen LogP contribution in [-0.4, -0.2) is 45.3 Å². The Bertz CT molecular complexity index is 800. The van der Waals surface area contributed by atoms with Crippen LogP contribution in [-0.2, 0) is 19.0 Å². The van der Waals surface area contributed by atoms with Gasteiger partial charge in [-0.2, -0.15) is 13.2 Å². The highest BCUT2D eigenvalue weighted by molar-refractivity contribution is 14.0. The summed E-state index contributed by atoms with van der Waals surface area (Å²) in [6.07, 6.45) is -3.34. The number of methoxy groups -OCH3 is 2. The molecule has 2 N–H and O–H groups in total. The van der Waals surface area contributed by atoms with Crippen LogP contribution < -0.4 is 20.1 Å². The molecule has 0 spiro atoms. The highest BCUT2D eigenvalue weighted by Gasteiger charge is 2.33. The van der Waals surface area contributed by atoms with Crippen molar-refractivity contribution in [1.82, 2.24) is 15.6 Å². The van der Waals surface area contributed by atoms with Gasteiger partial charge in [0.1, 0.15) is 11.5 Å². The van der Waals surface area contributed by atoms with E-state index < -0.39 is 11.9 Å². The third-order valence-electron chi connectivity index (χ3n) is 3.87. The number of nitrogens with zero attached hydrogens (tertiary/aromatic N) is 2. The van der Waals surface area contributed by atoms with Gasteiger partial charge in [-0.3, -0.25) is 4.99 Å². The summed E-state index contributed by atoms with van der Waals surface area (Å²) in [5.74, 6) is 2.09. The highest BCUT2D eigenvalue weighted by atomic mass is 127. The summed E-state index contributed by atoms with van der Waals surface area (Å²) in [5.41, 5.74) is 0.148. The van der Waals surface area contributed by atoms with Crippen molar-refractivity contribution < 1.29 is 22.6 Å². The maximum Gasteiger partial charge on any atom is 0.434 e. The zero-order valence-electron chi connectivity index (χ0n) is 16.3. The van der Waals surface area contributed by atoms with Crippen LogP contribution in [0.15, 0.2) is 28.6 Å². The lowest BCUT2D eigenvalue weighted by molar-refractivity contribution is -0.140. The predicted octanol–water partition coefficient (Wildman–Crippen LogP) is 3.75. The fourth-order valence-corrected chi connectivity index (χ4v) is 3.26. The van der Waals surface area contributed by atoms with Gasteiger partial charge in [0.15, 0.2) is 11.7 Å². The number of alkyl halides is 3. The fraction of sp³-hybridized carbons (Fsp3) is 0.444. The quantitative estimate of drug-likeness (QED) is 0.301. The van der Waals surface area contributed by atoms with Gasteiger partial charge in [0.25, 0.3) is 0 Å². The Morgan fingerprint density at radius 1 is 1.14 bits per heavy atom. The molecule has 0 aliphatic carbocycles. The molecular formula is C18H24F3IN4O2S. The number of nitrogens with one attached hydrogen (secondary N) is 2. The highest BCUT2D eigenvalue weighted by Crippen LogP contribution is 2.30. The second-order valence-electron chi connectivity index (χ2n) is 5.73. The Balaban J connectivity index is 0.00000420. The first kappa shape index (κ1) is 25.3. The summed E-state index contributed by atoms with van der Waals surface area (Å²) >= 11 is 1.00. The minimum Gasteiger partial charge on any atom is -0.497 e. The number of aliphatic imine (C=N–C) groups is 1. The van der Waals surface area contributed by atoms with Crippen molar-refractivity contribution in [2.75, 3.05) is 34.4 Å². The van der Waals surface area contributed by atoms with Crippen molar-refractivity contribution in [2.24, 2.45) is 4.99 Å². The first-order chi connectivity index (χ1) is 13.4. The molecule has 11 heteroatoms. The van der Waals surface area contributed by atoms with Crippen molar-refractivity contribution in [3.8, 4) is 11.5 Å². The Morgan fingerprint density at radius 3 is 2.38 bits per heavy atom. The molecule has 1 aromatic heterocycles. The standard InChI is InChI=1S/C18H23F3N4O2S.HI/c1-22-17(24-9-7-16-25-15(11-28-16)18(19,20)21)23-8-6-12-10-13(26-2)4-5-14(12)27-3;/h4-5,10-11H,6-9H2,1-3H3,(H2,22,23,24);1H. The van der Waals surface area contributed by atoms with Crippen LogP contribution >= 0.6 is 35.3 Å². The van der Waals surface area contributed by atoms with E-state index in [2.05, 4.69) is 20.6 Å². The van der Waals surface area contributed by atoms with Gasteiger partial charge in [-0.25, -0.2) is 4.98 Å². The van der Waals surface area contributed by atoms with Gasteiger partial charge >= 0.3 is 6.18 Å². The average molecular weight is 544 g/mol. The first-order valence-electron chi connectivity index (χ1n) is 8.54.